The summed E-state index contributed by atoms with van der Waals surface area (Å²) in [6.45, 7) is 1.64. The first-order valence-electron chi connectivity index (χ1n) is 6.17. The van der Waals surface area contributed by atoms with E-state index in [0.29, 0.717) is 18.2 Å². The second-order valence-corrected chi connectivity index (χ2v) is 4.93. The Morgan fingerprint density at radius 1 is 1.50 bits per heavy atom. The lowest BCUT2D eigenvalue weighted by atomic mass is 10.1. The summed E-state index contributed by atoms with van der Waals surface area (Å²) in [7, 11) is 0. The SMILES string of the molecule is O=C(NCC1CCCCN1)c1ccc(O)c(Cl)c1. The number of amides is 1. The third-order valence-corrected chi connectivity index (χ3v) is 3.43. The minimum atomic E-state index is -0.163. The molecule has 0 saturated carbocycles. The molecule has 0 bridgehead atoms. The van der Waals surface area contributed by atoms with E-state index in [2.05, 4.69) is 10.6 Å². The molecule has 1 atom stereocenters. The smallest absolute Gasteiger partial charge is 0.251 e. The Kier molecular flexibility index (Phi) is 4.44. The van der Waals surface area contributed by atoms with E-state index in [1.54, 1.807) is 6.07 Å². The lowest BCUT2D eigenvalue weighted by molar-refractivity contribution is 0.0948. The Labute approximate surface area is 111 Å². The van der Waals surface area contributed by atoms with Crippen LogP contribution in [0.3, 0.4) is 0 Å². The molecule has 0 radical (unpaired) electrons. The Morgan fingerprint density at radius 3 is 3.00 bits per heavy atom. The number of hydrogen-bond donors (Lipinski definition) is 3. The fraction of sp³-hybridized carbons (Fsp3) is 0.462. The Morgan fingerprint density at radius 2 is 2.33 bits per heavy atom. The molecule has 0 aliphatic carbocycles. The van der Waals surface area contributed by atoms with Crippen LogP contribution >= 0.6 is 11.6 Å². The van der Waals surface area contributed by atoms with Gasteiger partial charge >= 0.3 is 0 Å². The predicted molar refractivity (Wildman–Crippen MR) is 71.1 cm³/mol. The Hall–Kier alpha value is -1.26. The van der Waals surface area contributed by atoms with Gasteiger partial charge in [0.1, 0.15) is 5.75 Å². The molecular formula is C13H17ClN2O2. The van der Waals surface area contributed by atoms with Crippen molar-refractivity contribution in [1.29, 1.82) is 0 Å². The number of phenolic OH excluding ortho intramolecular Hbond substituents is 1. The monoisotopic (exact) mass is 268 g/mol. The predicted octanol–water partition coefficient (Wildman–Crippen LogP) is 1.92. The summed E-state index contributed by atoms with van der Waals surface area (Å²) in [5, 5.41) is 15.7. The van der Waals surface area contributed by atoms with Crippen molar-refractivity contribution < 1.29 is 9.90 Å². The molecule has 1 saturated heterocycles. The van der Waals surface area contributed by atoms with Crippen LogP contribution in [0.2, 0.25) is 5.02 Å². The molecule has 1 unspecified atom stereocenters. The second-order valence-electron chi connectivity index (χ2n) is 4.52. The van der Waals surface area contributed by atoms with Gasteiger partial charge in [-0.3, -0.25) is 4.79 Å². The molecule has 4 nitrogen and oxygen atoms in total. The van der Waals surface area contributed by atoms with Crippen molar-refractivity contribution >= 4 is 17.5 Å². The first-order valence-corrected chi connectivity index (χ1v) is 6.54. The van der Waals surface area contributed by atoms with Crippen LogP contribution in [0.15, 0.2) is 18.2 Å². The van der Waals surface area contributed by atoms with Crippen molar-refractivity contribution in [1.82, 2.24) is 10.6 Å². The number of nitrogens with one attached hydrogen (secondary N) is 2. The van der Waals surface area contributed by atoms with Gasteiger partial charge in [0.15, 0.2) is 0 Å². The third-order valence-electron chi connectivity index (χ3n) is 3.13. The van der Waals surface area contributed by atoms with Crippen molar-refractivity contribution in [2.75, 3.05) is 13.1 Å². The van der Waals surface area contributed by atoms with Gasteiger partial charge in [0, 0.05) is 18.2 Å². The maximum atomic E-state index is 11.9. The molecule has 1 amide bonds. The molecule has 1 aromatic carbocycles. The zero-order valence-electron chi connectivity index (χ0n) is 10.1. The first-order chi connectivity index (χ1) is 8.66. The van der Waals surface area contributed by atoms with Crippen molar-refractivity contribution in [2.24, 2.45) is 0 Å². The van der Waals surface area contributed by atoms with E-state index in [1.165, 1.54) is 25.0 Å². The average Bonchev–Trinajstić information content (AvgIpc) is 2.40. The number of phenols is 1. The van der Waals surface area contributed by atoms with Crippen LogP contribution in [0, 0.1) is 0 Å². The van der Waals surface area contributed by atoms with Crippen molar-refractivity contribution in [3.8, 4) is 5.75 Å². The molecule has 2 rings (SSSR count). The maximum absolute atomic E-state index is 11.9. The van der Waals surface area contributed by atoms with Gasteiger partial charge in [-0.15, -0.1) is 0 Å². The molecule has 0 aromatic heterocycles. The second kappa shape index (κ2) is 6.07. The number of halogens is 1. The largest absolute Gasteiger partial charge is 0.506 e. The van der Waals surface area contributed by atoms with Crippen LogP contribution < -0.4 is 10.6 Å². The number of piperidine rings is 1. The summed E-state index contributed by atoms with van der Waals surface area (Å²) in [5.74, 6) is -0.175. The summed E-state index contributed by atoms with van der Waals surface area (Å²) >= 11 is 5.76. The van der Waals surface area contributed by atoms with Gasteiger partial charge in [0.2, 0.25) is 0 Å². The van der Waals surface area contributed by atoms with Crippen molar-refractivity contribution in [3.63, 3.8) is 0 Å². The zero-order chi connectivity index (χ0) is 13.0. The van der Waals surface area contributed by atoms with Crippen LogP contribution in [-0.4, -0.2) is 30.1 Å². The molecule has 1 heterocycles. The number of rotatable bonds is 3. The summed E-state index contributed by atoms with van der Waals surface area (Å²) in [6, 6.07) is 4.82. The number of benzene rings is 1. The highest BCUT2D eigenvalue weighted by Crippen LogP contribution is 2.23. The van der Waals surface area contributed by atoms with Crippen LogP contribution in [0.1, 0.15) is 29.6 Å². The molecule has 1 aromatic rings. The van der Waals surface area contributed by atoms with Crippen LogP contribution in [0.4, 0.5) is 0 Å². The van der Waals surface area contributed by atoms with E-state index < -0.39 is 0 Å². The minimum Gasteiger partial charge on any atom is -0.506 e. The van der Waals surface area contributed by atoms with Crippen LogP contribution in [0.25, 0.3) is 0 Å². The Balaban J connectivity index is 1.88. The van der Waals surface area contributed by atoms with Crippen LogP contribution in [0.5, 0.6) is 5.75 Å². The standard InChI is InChI=1S/C13H17ClN2O2/c14-11-7-9(4-5-12(11)17)13(18)16-8-10-3-1-2-6-15-10/h4-5,7,10,15,17H,1-3,6,8H2,(H,16,18). The van der Waals surface area contributed by atoms with Gasteiger partial charge < -0.3 is 15.7 Å². The highest BCUT2D eigenvalue weighted by molar-refractivity contribution is 6.32. The maximum Gasteiger partial charge on any atom is 0.251 e. The van der Waals surface area contributed by atoms with E-state index in [1.807, 2.05) is 0 Å². The van der Waals surface area contributed by atoms with Gasteiger partial charge in [0.05, 0.1) is 5.02 Å². The molecule has 1 aliphatic rings. The quantitative estimate of drug-likeness (QED) is 0.785. The molecule has 3 N–H and O–H groups in total. The van der Waals surface area contributed by atoms with E-state index in [-0.39, 0.29) is 16.7 Å². The summed E-state index contributed by atoms with van der Waals surface area (Å²) < 4.78 is 0. The van der Waals surface area contributed by atoms with Gasteiger partial charge in [0.25, 0.3) is 5.91 Å². The highest BCUT2D eigenvalue weighted by Gasteiger charge is 2.14. The molecule has 5 heteroatoms. The van der Waals surface area contributed by atoms with Crippen molar-refractivity contribution in [3.05, 3.63) is 28.8 Å². The minimum absolute atomic E-state index is 0.0119. The summed E-state index contributed by atoms with van der Waals surface area (Å²) in [5.41, 5.74) is 0.466. The van der Waals surface area contributed by atoms with E-state index >= 15 is 0 Å². The van der Waals surface area contributed by atoms with Crippen molar-refractivity contribution in [2.45, 2.75) is 25.3 Å². The molecular weight excluding hydrogens is 252 g/mol. The number of aromatic hydroxyl groups is 1. The molecule has 1 fully saturated rings. The van der Waals surface area contributed by atoms with Gasteiger partial charge in [-0.05, 0) is 37.6 Å². The molecule has 1 aliphatic heterocycles. The fourth-order valence-electron chi connectivity index (χ4n) is 2.06. The highest BCUT2D eigenvalue weighted by atomic mass is 35.5. The van der Waals surface area contributed by atoms with E-state index in [4.69, 9.17) is 11.6 Å². The van der Waals surface area contributed by atoms with E-state index in [9.17, 15) is 9.90 Å². The lowest BCUT2D eigenvalue weighted by Gasteiger charge is -2.23. The number of carbonyl (C=O) groups excluding carboxylic acids is 1. The first kappa shape index (κ1) is 13.2. The van der Waals surface area contributed by atoms with Gasteiger partial charge in [-0.1, -0.05) is 18.0 Å². The summed E-state index contributed by atoms with van der Waals surface area (Å²) in [6.07, 6.45) is 3.51. The van der Waals surface area contributed by atoms with Gasteiger partial charge in [-0.25, -0.2) is 0 Å². The molecule has 98 valence electrons. The Bertz CT molecular complexity index is 431. The average molecular weight is 269 g/mol. The van der Waals surface area contributed by atoms with E-state index in [0.717, 1.165) is 13.0 Å². The lowest BCUT2D eigenvalue weighted by Crippen LogP contribution is -2.43. The van der Waals surface area contributed by atoms with Crippen LogP contribution in [-0.2, 0) is 0 Å². The number of hydrogen-bond acceptors (Lipinski definition) is 3. The van der Waals surface area contributed by atoms with Gasteiger partial charge in [-0.2, -0.15) is 0 Å². The topological polar surface area (TPSA) is 61.4 Å². The zero-order valence-corrected chi connectivity index (χ0v) is 10.8. The molecule has 18 heavy (non-hydrogen) atoms. The number of carbonyl (C=O) groups is 1. The molecule has 0 spiro atoms. The summed E-state index contributed by atoms with van der Waals surface area (Å²) in [4.78, 5) is 11.9. The normalized spacial score (nSPS) is 19.5. The third kappa shape index (κ3) is 3.37. The fourth-order valence-corrected chi connectivity index (χ4v) is 2.24.